The molecule has 5 saturated heterocycles. The molecule has 770 valence electrons. The first kappa shape index (κ1) is 102. The van der Waals surface area contributed by atoms with E-state index in [2.05, 4.69) is 226 Å². The number of nitrogens with one attached hydrogen (secondary N) is 5. The third-order valence-electron chi connectivity index (χ3n) is 28.9. The highest BCUT2D eigenvalue weighted by atomic mass is 32.2. The van der Waals surface area contributed by atoms with Crippen LogP contribution in [0.2, 0.25) is 0 Å². The molecule has 0 radical (unpaired) electrons. The second-order valence-electron chi connectivity index (χ2n) is 40.6. The fourth-order valence-electron chi connectivity index (χ4n) is 19.1. The van der Waals surface area contributed by atoms with E-state index in [1.54, 1.807) is 0 Å². The highest BCUT2D eigenvalue weighted by Gasteiger charge is 2.35. The van der Waals surface area contributed by atoms with Crippen molar-refractivity contribution in [2.45, 2.75) is 104 Å². The third kappa shape index (κ3) is 26.2. The Balaban J connectivity index is 0.000000112. The van der Waals surface area contributed by atoms with Gasteiger partial charge >= 0.3 is 0 Å². The lowest BCUT2D eigenvalue weighted by atomic mass is 9.85. The molecule has 36 heteroatoms. The molecular formula is C112H127N21O12S3. The number of carbonyl (C=O) groups excluding carboxylic acids is 5. The molecule has 0 spiro atoms. The fourth-order valence-corrected chi connectivity index (χ4v) is 22.9. The van der Waals surface area contributed by atoms with E-state index in [9.17, 15) is 49.2 Å². The molecule has 9 aliphatic rings. The van der Waals surface area contributed by atoms with Crippen LogP contribution >= 0.6 is 0 Å². The van der Waals surface area contributed by atoms with E-state index in [-0.39, 0.29) is 93.6 Å². The van der Waals surface area contributed by atoms with E-state index in [4.69, 9.17) is 4.74 Å². The van der Waals surface area contributed by atoms with E-state index < -0.39 is 29.5 Å². The Bertz CT molecular complexity index is 7450. The Morgan fingerprint density at radius 2 is 0.514 bits per heavy atom. The van der Waals surface area contributed by atoms with Crippen LogP contribution in [-0.2, 0) is 90.9 Å². The summed E-state index contributed by atoms with van der Waals surface area (Å²) in [4.78, 5) is 97.0. The summed E-state index contributed by atoms with van der Waals surface area (Å²) in [5, 5.41) is 14.6. The summed E-state index contributed by atoms with van der Waals surface area (Å²) < 4.78 is 85.1. The Morgan fingerprint density at radius 1 is 0.291 bits per heavy atom. The number of sulfone groups is 3. The molecule has 15 heterocycles. The number of amides is 5. The number of likely N-dealkylation sites (N-methyl/N-ethyl adjacent to an activating group) is 1. The van der Waals surface area contributed by atoms with Crippen molar-refractivity contribution >= 4 is 116 Å². The largest absolute Gasteiger partial charge is 0.379 e. The molecule has 4 saturated carbocycles. The lowest BCUT2D eigenvalue weighted by molar-refractivity contribution is -0.122. The van der Waals surface area contributed by atoms with Crippen molar-refractivity contribution in [1.82, 2.24) is 76.3 Å². The number of benzene rings is 5. The van der Waals surface area contributed by atoms with Crippen molar-refractivity contribution in [3.05, 3.63) is 271 Å². The quantitative estimate of drug-likeness (QED) is 0.0355. The van der Waals surface area contributed by atoms with Gasteiger partial charge in [-0.05, 0) is 175 Å². The van der Waals surface area contributed by atoms with Crippen LogP contribution in [0, 0.1) is 29.6 Å². The van der Waals surface area contributed by atoms with Crippen LogP contribution in [0.3, 0.4) is 0 Å². The maximum Gasteiger partial charge on any atom is 0.228 e. The van der Waals surface area contributed by atoms with Crippen molar-refractivity contribution in [3.8, 4) is 56.3 Å². The van der Waals surface area contributed by atoms with Crippen LogP contribution in [0.25, 0.3) is 84.5 Å². The average molecular weight is 2060 g/mol. The Morgan fingerprint density at radius 3 is 0.736 bits per heavy atom. The number of piperazine rings is 1. The van der Waals surface area contributed by atoms with Crippen molar-refractivity contribution in [2.75, 3.05) is 160 Å². The number of aromatic nitrogens is 10. The molecular weight excluding hydrogens is 1930 g/mol. The minimum Gasteiger partial charge on any atom is -0.379 e. The summed E-state index contributed by atoms with van der Waals surface area (Å²) in [6, 6.07) is 72.3. The molecule has 15 aromatic rings. The number of pyridine rings is 5. The van der Waals surface area contributed by atoms with E-state index in [1.807, 2.05) is 141 Å². The third-order valence-corrected chi connectivity index (χ3v) is 33.7. The van der Waals surface area contributed by atoms with E-state index in [0.29, 0.717) is 68.4 Å². The summed E-state index contributed by atoms with van der Waals surface area (Å²) in [5.41, 5.74) is 20.7. The minimum atomic E-state index is -2.86. The summed E-state index contributed by atoms with van der Waals surface area (Å²) in [5.74, 6) is 5.12. The zero-order chi connectivity index (χ0) is 102. The summed E-state index contributed by atoms with van der Waals surface area (Å²) >= 11 is 0. The molecule has 0 unspecified atom stereocenters. The molecule has 5 amide bonds. The topological polar surface area (TPSA) is 363 Å². The highest BCUT2D eigenvalue weighted by molar-refractivity contribution is 7.92. The average Bonchev–Trinajstić information content (AvgIpc) is 1.65. The lowest BCUT2D eigenvalue weighted by Gasteiger charge is -2.32. The van der Waals surface area contributed by atoms with E-state index in [1.165, 1.54) is 11.1 Å². The van der Waals surface area contributed by atoms with Gasteiger partial charge < -0.3 is 36.2 Å². The molecule has 148 heavy (non-hydrogen) atoms. The van der Waals surface area contributed by atoms with E-state index in [0.717, 1.165) is 244 Å². The van der Waals surface area contributed by atoms with Crippen LogP contribution in [-0.4, -0.2) is 264 Å². The highest BCUT2D eigenvalue weighted by Crippen LogP contribution is 2.37. The number of ether oxygens (including phenoxy) is 1. The molecule has 0 atom stereocenters. The van der Waals surface area contributed by atoms with Crippen LogP contribution < -0.4 is 26.6 Å². The van der Waals surface area contributed by atoms with Gasteiger partial charge in [-0.1, -0.05) is 172 Å². The molecule has 5 aliphatic heterocycles. The van der Waals surface area contributed by atoms with Gasteiger partial charge in [0.25, 0.3) is 0 Å². The molecule has 4 aliphatic carbocycles. The van der Waals surface area contributed by atoms with Crippen molar-refractivity contribution in [3.63, 3.8) is 0 Å². The number of imidazole rings is 5. The molecule has 0 bridgehead atoms. The van der Waals surface area contributed by atoms with Crippen LogP contribution in [0.1, 0.15) is 99.5 Å². The van der Waals surface area contributed by atoms with Gasteiger partial charge in [-0.15, -0.1) is 0 Å². The SMILES string of the molecule is CC(C)C(=O)Nc1cn2c(-c3ccc(CN4CCS(=O)(=O)CC4)cc3)cccc2n1.CN1CCN(Cc2ccc(-c3cccc4nc(NC(=O)C5CC5)cn34)cc2)CC1.O=C(Nc1cn2c(-c3ccc(CN4CCOCC4)cc3)cccc2n1)C1CC1.O=C(Nc1cn2c(-c3ccc(CN4CCS(=O)(=O)CC4)cc3)cccc2n1)C1CC1.O=C(Nc1cn2c(-c3ccc(CN4CCS(=O)(=O)CC4)cc3)cccc2n1)C1CCC1. The monoisotopic (exact) mass is 2050 g/mol. The number of hydrogen-bond donors (Lipinski definition) is 5. The van der Waals surface area contributed by atoms with Crippen LogP contribution in [0.5, 0.6) is 0 Å². The summed E-state index contributed by atoms with van der Waals surface area (Å²) in [7, 11) is -6.38. The molecule has 5 aromatic carbocycles. The van der Waals surface area contributed by atoms with Gasteiger partial charge in [0.05, 0.1) is 107 Å². The predicted octanol–water partition coefficient (Wildman–Crippen LogP) is 14.7. The molecule has 10 aromatic heterocycles. The van der Waals surface area contributed by atoms with Gasteiger partial charge in [0.15, 0.2) is 58.6 Å². The fraction of sp³-hybridized carbons (Fsp3) is 0.375. The van der Waals surface area contributed by atoms with Gasteiger partial charge in [-0.3, -0.25) is 70.5 Å². The summed E-state index contributed by atoms with van der Waals surface area (Å²) in [6.07, 6.45) is 18.3. The Labute approximate surface area is 862 Å². The van der Waals surface area contributed by atoms with Gasteiger partial charge in [-0.25, -0.2) is 50.2 Å². The maximum atomic E-state index is 12.3. The minimum absolute atomic E-state index is 0.0508. The zero-order valence-electron chi connectivity index (χ0n) is 83.8. The first-order valence-corrected chi connectivity index (χ1v) is 57.0. The number of nitrogens with zero attached hydrogens (tertiary/aromatic N) is 16. The van der Waals surface area contributed by atoms with Gasteiger partial charge in [0.2, 0.25) is 29.5 Å². The lowest BCUT2D eigenvalue weighted by Crippen LogP contribution is -2.43. The molecule has 9 fully saturated rings. The number of rotatable bonds is 25. The van der Waals surface area contributed by atoms with Crippen LogP contribution in [0.4, 0.5) is 29.1 Å². The smallest absolute Gasteiger partial charge is 0.228 e. The van der Waals surface area contributed by atoms with Crippen molar-refractivity contribution in [2.24, 2.45) is 29.6 Å². The van der Waals surface area contributed by atoms with Crippen molar-refractivity contribution < 1.29 is 54.0 Å². The second kappa shape index (κ2) is 45.3. The molecule has 33 nitrogen and oxygen atoms in total. The second-order valence-corrected chi connectivity index (χ2v) is 47.5. The number of hydrogen-bond acceptors (Lipinski definition) is 23. The first-order valence-electron chi connectivity index (χ1n) is 51.6. The number of morpholine rings is 1. The van der Waals surface area contributed by atoms with Crippen molar-refractivity contribution in [1.29, 1.82) is 0 Å². The maximum absolute atomic E-state index is 12.3. The summed E-state index contributed by atoms with van der Waals surface area (Å²) in [6.45, 7) is 19.6. The van der Waals surface area contributed by atoms with Crippen LogP contribution in [0.15, 0.2) is 243 Å². The van der Waals surface area contributed by atoms with Gasteiger partial charge in [0.1, 0.15) is 28.2 Å². The Hall–Kier alpha value is -13.5. The first-order chi connectivity index (χ1) is 71.6. The normalized spacial score (nSPS) is 18.2. The molecule has 24 rings (SSSR count). The zero-order valence-corrected chi connectivity index (χ0v) is 86.3. The van der Waals surface area contributed by atoms with Gasteiger partial charge in [0, 0.05) is 141 Å². The number of fused-ring (bicyclic) bond motifs is 5. The molecule has 5 N–H and O–H groups in total. The number of anilines is 5. The van der Waals surface area contributed by atoms with Gasteiger partial charge in [-0.2, -0.15) is 0 Å². The Kier molecular flexibility index (Phi) is 31.1. The van der Waals surface area contributed by atoms with E-state index >= 15 is 0 Å². The predicted molar refractivity (Wildman–Crippen MR) is 577 cm³/mol. The number of carbonyl (C=O) groups is 5. The standard InChI is InChI=1S/C23H27N5O.C23H26N4O3S.C22H24N4O3S.C22H26N4O3S.C22H24N4O2/c1-26-11-13-27(14-12-26)15-17-5-7-18(8-6-17)20-3-2-4-22-24-21(16-28(20)22)25-23(29)19-9-10-19;28-23(19-3-1-4-19)25-21-16-27-20(5-2-6-22(27)24-21)18-9-7-17(8-10-18)15-26-11-13-31(29,30)14-12-26;27-22(18-8-9-18)24-20-15-26-19(2-1-3-21(26)23-20)17-6-4-16(5-7-17)14-25-10-12-30(28,29)13-11-25;1-16(2)22(27)24-20-15-26-19(4-3-5-21(26)23-20)18-8-6-17(7-9-18)14-25-10-12-30(28,29)13-11-25;27-22(18-8-9-18)24-20-15-26-19(2-1-3-21(26)23-20)17-6-4-16(5-7-17)14-25-10-12-28-13-11-25/h2-8,16,19H,9-15H2,1H3,(H,25,29);2,5-10,16,19H,1,3-4,11-15H2,(H,25,28);1-7,15,18H,8-14H2,(H,24,27);3-9,15-16H,10-14H2,1-2H3,(H,24,27);1-7,15,18H,8-14H2,(H,24,27).